The molecular weight excluding hydrogens is 274 g/mol. The summed E-state index contributed by atoms with van der Waals surface area (Å²) in [5, 5.41) is 9.45. The Balaban J connectivity index is 2.06. The van der Waals surface area contributed by atoms with E-state index >= 15 is 0 Å². The van der Waals surface area contributed by atoms with Crippen molar-refractivity contribution in [2.24, 2.45) is 11.7 Å². The summed E-state index contributed by atoms with van der Waals surface area (Å²) in [6.07, 6.45) is 0. The third-order valence-corrected chi connectivity index (χ3v) is 3.82. The molecule has 0 atom stereocenters. The van der Waals surface area contributed by atoms with Gasteiger partial charge in [0.15, 0.2) is 0 Å². The summed E-state index contributed by atoms with van der Waals surface area (Å²) >= 11 is 0. The van der Waals surface area contributed by atoms with Gasteiger partial charge in [0.2, 0.25) is 5.96 Å². The zero-order valence-electron chi connectivity index (χ0n) is 12.9. The largest absolute Gasteiger partial charge is 0.368 e. The van der Waals surface area contributed by atoms with Crippen molar-refractivity contribution < 1.29 is 4.84 Å². The van der Waals surface area contributed by atoms with E-state index in [-0.39, 0.29) is 12.0 Å². The summed E-state index contributed by atoms with van der Waals surface area (Å²) in [6, 6.07) is 16.3. The van der Waals surface area contributed by atoms with Crippen LogP contribution in [-0.4, -0.2) is 17.6 Å². The molecule has 0 bridgehead atoms. The van der Waals surface area contributed by atoms with Gasteiger partial charge in [0.05, 0.1) is 6.61 Å². The van der Waals surface area contributed by atoms with Crippen LogP contribution in [0.1, 0.15) is 31.0 Å². The number of fused-ring (bicyclic) bond motifs is 3. The molecule has 1 aliphatic rings. The van der Waals surface area contributed by atoms with E-state index in [4.69, 9.17) is 16.0 Å². The lowest BCUT2D eigenvalue weighted by atomic mass is 10.1. The predicted octanol–water partition coefficient (Wildman–Crippen LogP) is 3.54. The molecule has 114 valence electrons. The van der Waals surface area contributed by atoms with Gasteiger partial charge in [0.25, 0.3) is 0 Å². The summed E-state index contributed by atoms with van der Waals surface area (Å²) in [4.78, 5) is 5.85. The molecule has 4 nitrogen and oxygen atoms in total. The number of nitrogens with two attached hydrogens (primary N) is 1. The van der Waals surface area contributed by atoms with E-state index in [0.717, 1.165) is 11.1 Å². The Hall–Kier alpha value is -2.33. The number of guanidine groups is 1. The van der Waals surface area contributed by atoms with Gasteiger partial charge in [-0.3, -0.25) is 10.2 Å². The van der Waals surface area contributed by atoms with Crippen LogP contribution < -0.4 is 5.73 Å². The third kappa shape index (κ3) is 2.46. The number of nitrogens with zero attached hydrogens (tertiary/aromatic N) is 1. The second-order valence-electron chi connectivity index (χ2n) is 5.98. The minimum atomic E-state index is -0.163. The molecule has 0 amide bonds. The van der Waals surface area contributed by atoms with Crippen molar-refractivity contribution in [3.05, 3.63) is 59.7 Å². The fraction of sp³-hybridized carbons (Fsp3) is 0.278. The van der Waals surface area contributed by atoms with E-state index in [2.05, 4.69) is 38.1 Å². The zero-order valence-corrected chi connectivity index (χ0v) is 12.9. The molecule has 2 aromatic rings. The Labute approximate surface area is 131 Å². The Morgan fingerprint density at radius 1 is 1.09 bits per heavy atom. The number of rotatable bonds is 4. The van der Waals surface area contributed by atoms with Gasteiger partial charge in [-0.25, -0.2) is 5.06 Å². The molecule has 0 aliphatic heterocycles. The quantitative estimate of drug-likeness (QED) is 0.515. The Kier molecular flexibility index (Phi) is 3.86. The van der Waals surface area contributed by atoms with Crippen LogP contribution in [0.5, 0.6) is 0 Å². The highest BCUT2D eigenvalue weighted by Crippen LogP contribution is 2.46. The van der Waals surface area contributed by atoms with Gasteiger partial charge in [0, 0.05) is 0 Å². The molecule has 2 aromatic carbocycles. The van der Waals surface area contributed by atoms with Crippen LogP contribution in [0.2, 0.25) is 0 Å². The van der Waals surface area contributed by atoms with Gasteiger partial charge in [-0.15, -0.1) is 0 Å². The lowest BCUT2D eigenvalue weighted by molar-refractivity contribution is -0.130. The first-order valence-electron chi connectivity index (χ1n) is 7.54. The van der Waals surface area contributed by atoms with Crippen LogP contribution in [0.3, 0.4) is 0 Å². The molecule has 1 aliphatic carbocycles. The van der Waals surface area contributed by atoms with Crippen molar-refractivity contribution >= 4 is 5.96 Å². The summed E-state index contributed by atoms with van der Waals surface area (Å²) in [7, 11) is 0. The molecule has 0 aromatic heterocycles. The molecule has 0 unspecified atom stereocenters. The van der Waals surface area contributed by atoms with Gasteiger partial charge in [-0.1, -0.05) is 62.4 Å². The first-order chi connectivity index (χ1) is 10.6. The standard InChI is InChI=1S/C18H21N3O/c1-12(2)11-22-21(18(19)20)17-15-9-5-3-7-13(15)14-8-4-6-10-16(14)17/h3-10,12,17H,11H2,1-2H3,(H3,19,20). The third-order valence-electron chi connectivity index (χ3n) is 3.82. The summed E-state index contributed by atoms with van der Waals surface area (Å²) in [5.41, 5.74) is 10.4. The second-order valence-corrected chi connectivity index (χ2v) is 5.98. The lowest BCUT2D eigenvalue weighted by Crippen LogP contribution is -2.40. The first-order valence-corrected chi connectivity index (χ1v) is 7.54. The van der Waals surface area contributed by atoms with Crippen molar-refractivity contribution in [3.8, 4) is 11.1 Å². The maximum atomic E-state index is 7.92. The van der Waals surface area contributed by atoms with Crippen molar-refractivity contribution in [3.63, 3.8) is 0 Å². The minimum Gasteiger partial charge on any atom is -0.368 e. The van der Waals surface area contributed by atoms with E-state index in [1.807, 2.05) is 24.3 Å². The highest BCUT2D eigenvalue weighted by atomic mass is 16.7. The van der Waals surface area contributed by atoms with E-state index in [0.29, 0.717) is 12.5 Å². The average Bonchev–Trinajstić information content (AvgIpc) is 2.82. The normalized spacial score (nSPS) is 13.0. The number of nitrogens with one attached hydrogen (secondary N) is 1. The van der Waals surface area contributed by atoms with Crippen molar-refractivity contribution in [2.45, 2.75) is 19.9 Å². The molecule has 0 radical (unpaired) electrons. The second kappa shape index (κ2) is 5.81. The number of hydrogen-bond acceptors (Lipinski definition) is 2. The van der Waals surface area contributed by atoms with Gasteiger partial charge < -0.3 is 5.73 Å². The van der Waals surface area contributed by atoms with Crippen LogP contribution in [-0.2, 0) is 4.84 Å². The SMILES string of the molecule is CC(C)CON(C(=N)N)C1c2ccccc2-c2ccccc21. The van der Waals surface area contributed by atoms with E-state index in [1.165, 1.54) is 16.2 Å². The van der Waals surface area contributed by atoms with Crippen LogP contribution in [0.4, 0.5) is 0 Å². The van der Waals surface area contributed by atoms with Crippen LogP contribution in [0.15, 0.2) is 48.5 Å². The Morgan fingerprint density at radius 3 is 2.05 bits per heavy atom. The van der Waals surface area contributed by atoms with E-state index in [9.17, 15) is 0 Å². The predicted molar refractivity (Wildman–Crippen MR) is 88.3 cm³/mol. The zero-order chi connectivity index (χ0) is 15.7. The smallest absolute Gasteiger partial charge is 0.213 e. The van der Waals surface area contributed by atoms with Crippen LogP contribution in [0.25, 0.3) is 11.1 Å². The summed E-state index contributed by atoms with van der Waals surface area (Å²) < 4.78 is 0. The number of hydroxylamine groups is 2. The topological polar surface area (TPSA) is 62.3 Å². The fourth-order valence-electron chi connectivity index (χ4n) is 2.89. The first kappa shape index (κ1) is 14.6. The van der Waals surface area contributed by atoms with Crippen LogP contribution >= 0.6 is 0 Å². The molecule has 0 fully saturated rings. The van der Waals surface area contributed by atoms with Gasteiger partial charge in [0.1, 0.15) is 6.04 Å². The fourth-order valence-corrected chi connectivity index (χ4v) is 2.89. The molecule has 22 heavy (non-hydrogen) atoms. The molecule has 0 saturated heterocycles. The van der Waals surface area contributed by atoms with Gasteiger partial charge in [-0.05, 0) is 28.2 Å². The van der Waals surface area contributed by atoms with Gasteiger partial charge >= 0.3 is 0 Å². The number of benzene rings is 2. The molecule has 0 saturated carbocycles. The monoisotopic (exact) mass is 295 g/mol. The Morgan fingerprint density at radius 2 is 1.59 bits per heavy atom. The summed E-state index contributed by atoms with van der Waals surface area (Å²) in [5.74, 6) is 0.297. The highest BCUT2D eigenvalue weighted by molar-refractivity contribution is 5.82. The maximum Gasteiger partial charge on any atom is 0.213 e. The van der Waals surface area contributed by atoms with Gasteiger partial charge in [-0.2, -0.15) is 0 Å². The van der Waals surface area contributed by atoms with Crippen LogP contribution in [0, 0.1) is 11.3 Å². The molecule has 0 heterocycles. The van der Waals surface area contributed by atoms with Crippen molar-refractivity contribution in [1.29, 1.82) is 5.41 Å². The summed E-state index contributed by atoms with van der Waals surface area (Å²) in [6.45, 7) is 4.68. The number of hydrogen-bond donors (Lipinski definition) is 2. The van der Waals surface area contributed by atoms with E-state index < -0.39 is 0 Å². The highest BCUT2D eigenvalue weighted by Gasteiger charge is 2.34. The minimum absolute atomic E-state index is 0.0721. The van der Waals surface area contributed by atoms with Crippen molar-refractivity contribution in [2.75, 3.05) is 6.61 Å². The van der Waals surface area contributed by atoms with Crippen molar-refractivity contribution in [1.82, 2.24) is 5.06 Å². The molecule has 4 heteroatoms. The Bertz CT molecular complexity index is 651. The van der Waals surface area contributed by atoms with E-state index in [1.54, 1.807) is 0 Å². The molecule has 0 spiro atoms. The molecule has 3 N–H and O–H groups in total. The maximum absolute atomic E-state index is 7.92. The lowest BCUT2D eigenvalue weighted by Gasteiger charge is -2.30. The molecule has 3 rings (SSSR count). The molecular formula is C18H21N3O. The average molecular weight is 295 g/mol.